The Morgan fingerprint density at radius 2 is 1.83 bits per heavy atom. The molecular weight excluding hydrogens is 496 g/mol. The van der Waals surface area contributed by atoms with E-state index in [4.69, 9.17) is 20.8 Å². The number of thiazole rings is 1. The topological polar surface area (TPSA) is 81.4 Å². The molecule has 0 aliphatic carbocycles. The summed E-state index contributed by atoms with van der Waals surface area (Å²) in [5, 5.41) is 4.13. The van der Waals surface area contributed by atoms with Crippen LogP contribution in [-0.2, 0) is 10.2 Å². The first-order chi connectivity index (χ1) is 17.2. The maximum Gasteiger partial charge on any atom is 0.264 e. The van der Waals surface area contributed by atoms with E-state index in [1.807, 2.05) is 24.3 Å². The highest BCUT2D eigenvalue weighted by Gasteiger charge is 2.20. The molecule has 0 saturated carbocycles. The number of fused-ring (bicyclic) bond motifs is 2. The number of halogens is 1. The number of carbonyl (C=O) groups excluding carboxylic acids is 1. The van der Waals surface area contributed by atoms with Crippen molar-refractivity contribution in [2.24, 2.45) is 0 Å². The van der Waals surface area contributed by atoms with Crippen molar-refractivity contribution in [3.05, 3.63) is 87.5 Å². The Bertz CT molecular complexity index is 1650. The summed E-state index contributed by atoms with van der Waals surface area (Å²) in [6, 6.07) is 20.1. The number of hydrogen-bond donors (Lipinski definition) is 1. The van der Waals surface area contributed by atoms with Crippen LogP contribution < -0.4 is 15.5 Å². The lowest BCUT2D eigenvalue weighted by molar-refractivity contribution is -0.118. The van der Waals surface area contributed by atoms with E-state index in [0.29, 0.717) is 26.7 Å². The Balaban J connectivity index is 1.44. The summed E-state index contributed by atoms with van der Waals surface area (Å²) in [6.45, 7) is 6.01. The molecule has 2 heterocycles. The molecule has 182 valence electrons. The van der Waals surface area contributed by atoms with E-state index in [1.54, 1.807) is 42.5 Å². The first-order valence-corrected chi connectivity index (χ1v) is 12.5. The van der Waals surface area contributed by atoms with Gasteiger partial charge in [-0.05, 0) is 41.3 Å². The Kier molecular flexibility index (Phi) is 6.28. The van der Waals surface area contributed by atoms with E-state index in [-0.39, 0.29) is 29.0 Å². The summed E-state index contributed by atoms with van der Waals surface area (Å²) >= 11 is 7.34. The molecule has 0 bridgehead atoms. The molecule has 0 spiro atoms. The fraction of sp³-hybridized carbons (Fsp3) is 0.179. The summed E-state index contributed by atoms with van der Waals surface area (Å²) in [5.74, 6) is -0.174. The molecule has 5 aromatic rings. The largest absolute Gasteiger partial charge is 0.476 e. The number of nitrogens with one attached hydrogen (secondary N) is 1. The number of anilines is 1. The van der Waals surface area contributed by atoms with Crippen LogP contribution in [0.5, 0.6) is 5.75 Å². The van der Waals surface area contributed by atoms with Crippen molar-refractivity contribution in [3.8, 4) is 17.1 Å². The number of aromatic nitrogens is 1. The monoisotopic (exact) mass is 518 g/mol. The van der Waals surface area contributed by atoms with Crippen LogP contribution in [0, 0.1) is 0 Å². The number of carbonyl (C=O) groups is 1. The number of amides is 1. The molecule has 0 fully saturated rings. The van der Waals surface area contributed by atoms with Crippen LogP contribution >= 0.6 is 22.9 Å². The van der Waals surface area contributed by atoms with Gasteiger partial charge in [0.1, 0.15) is 5.58 Å². The van der Waals surface area contributed by atoms with Gasteiger partial charge >= 0.3 is 0 Å². The lowest BCUT2D eigenvalue weighted by Gasteiger charge is -2.19. The van der Waals surface area contributed by atoms with Crippen LogP contribution in [0.2, 0.25) is 5.02 Å². The number of ether oxygens (including phenoxy) is 1. The maximum atomic E-state index is 13.3. The van der Waals surface area contributed by atoms with Crippen molar-refractivity contribution in [2.75, 3.05) is 11.9 Å². The Morgan fingerprint density at radius 1 is 1.08 bits per heavy atom. The molecule has 1 N–H and O–H groups in total. The van der Waals surface area contributed by atoms with E-state index < -0.39 is 5.91 Å². The van der Waals surface area contributed by atoms with Gasteiger partial charge in [-0.15, -0.1) is 0 Å². The summed E-state index contributed by atoms with van der Waals surface area (Å²) in [6.07, 6.45) is 0. The Labute approximate surface area is 216 Å². The molecule has 0 saturated heterocycles. The zero-order valence-corrected chi connectivity index (χ0v) is 21.5. The highest BCUT2D eigenvalue weighted by Crippen LogP contribution is 2.33. The molecule has 2 aromatic heterocycles. The maximum absolute atomic E-state index is 13.3. The first-order valence-electron chi connectivity index (χ1n) is 11.3. The fourth-order valence-corrected chi connectivity index (χ4v) is 4.97. The third-order valence-corrected chi connectivity index (χ3v) is 6.88. The lowest BCUT2D eigenvalue weighted by atomic mass is 9.86. The summed E-state index contributed by atoms with van der Waals surface area (Å²) in [7, 11) is 0. The van der Waals surface area contributed by atoms with E-state index >= 15 is 0 Å². The van der Waals surface area contributed by atoms with Gasteiger partial charge in [-0.3, -0.25) is 14.9 Å². The van der Waals surface area contributed by atoms with Gasteiger partial charge in [0.15, 0.2) is 17.5 Å². The van der Waals surface area contributed by atoms with Crippen molar-refractivity contribution in [3.63, 3.8) is 0 Å². The normalized spacial score (nSPS) is 11.7. The minimum Gasteiger partial charge on any atom is -0.476 e. The number of para-hydroxylation sites is 1. The second kappa shape index (κ2) is 9.41. The number of rotatable bonds is 5. The van der Waals surface area contributed by atoms with Crippen LogP contribution in [0.4, 0.5) is 5.13 Å². The second-order valence-electron chi connectivity index (χ2n) is 9.38. The van der Waals surface area contributed by atoms with Crippen LogP contribution in [0.25, 0.3) is 32.5 Å². The highest BCUT2D eigenvalue weighted by molar-refractivity contribution is 7.22. The Morgan fingerprint density at radius 3 is 2.58 bits per heavy atom. The van der Waals surface area contributed by atoms with E-state index in [2.05, 4.69) is 31.1 Å². The van der Waals surface area contributed by atoms with Crippen molar-refractivity contribution >= 4 is 55.2 Å². The predicted octanol–water partition coefficient (Wildman–Crippen LogP) is 7.04. The molecule has 5 rings (SSSR count). The van der Waals surface area contributed by atoms with Crippen LogP contribution in [-0.4, -0.2) is 17.5 Å². The number of nitrogens with zero attached hydrogens (tertiary/aromatic N) is 1. The van der Waals surface area contributed by atoms with Crippen molar-refractivity contribution < 1.29 is 13.9 Å². The molecular formula is C28H23ClN2O4S. The smallest absolute Gasteiger partial charge is 0.264 e. The average Bonchev–Trinajstić information content (AvgIpc) is 3.24. The third kappa shape index (κ3) is 4.85. The quantitative estimate of drug-likeness (QED) is 0.270. The van der Waals surface area contributed by atoms with Crippen molar-refractivity contribution in [2.45, 2.75) is 26.2 Å². The molecule has 36 heavy (non-hydrogen) atoms. The van der Waals surface area contributed by atoms with Gasteiger partial charge in [0.05, 0.1) is 15.6 Å². The summed E-state index contributed by atoms with van der Waals surface area (Å²) < 4.78 is 12.8. The van der Waals surface area contributed by atoms with Crippen molar-refractivity contribution in [1.82, 2.24) is 4.98 Å². The molecule has 8 heteroatoms. The van der Waals surface area contributed by atoms with Crippen molar-refractivity contribution in [1.29, 1.82) is 0 Å². The van der Waals surface area contributed by atoms with Gasteiger partial charge in [-0.1, -0.05) is 80.1 Å². The molecule has 0 aliphatic heterocycles. The van der Waals surface area contributed by atoms with Crippen LogP contribution in [0.15, 0.2) is 75.9 Å². The standard InChI is InChI=1S/C28H23ClN2O4S/c1-28(2,3)17-10-8-16(9-11-17)25-26(24(33)19-6-4-5-7-21(19)35-25)34-15-23(32)31-27-30-20-13-12-18(29)14-22(20)36-27/h4-14H,15H2,1-3H3,(H,30,31,32). The third-order valence-electron chi connectivity index (χ3n) is 5.71. The van der Waals surface area contributed by atoms with Gasteiger partial charge < -0.3 is 9.15 Å². The SMILES string of the molecule is CC(C)(C)c1ccc(-c2oc3ccccc3c(=O)c2OCC(=O)Nc2nc3ccc(Cl)cc3s2)cc1. The summed E-state index contributed by atoms with van der Waals surface area (Å²) in [4.78, 5) is 30.4. The fourth-order valence-electron chi connectivity index (χ4n) is 3.81. The lowest BCUT2D eigenvalue weighted by Crippen LogP contribution is -2.22. The molecule has 6 nitrogen and oxygen atoms in total. The minimum atomic E-state index is -0.443. The van der Waals surface area contributed by atoms with Crippen LogP contribution in [0.1, 0.15) is 26.3 Å². The zero-order valence-electron chi connectivity index (χ0n) is 19.9. The van der Waals surface area contributed by atoms with E-state index in [9.17, 15) is 9.59 Å². The first kappa shape index (κ1) is 24.0. The number of benzene rings is 3. The second-order valence-corrected chi connectivity index (χ2v) is 10.8. The van der Waals surface area contributed by atoms with Gasteiger partial charge in [0.2, 0.25) is 11.2 Å². The van der Waals surface area contributed by atoms with Gasteiger partial charge in [0.25, 0.3) is 5.91 Å². The minimum absolute atomic E-state index is 0.0107. The molecule has 3 aromatic carbocycles. The molecule has 0 aliphatic rings. The highest BCUT2D eigenvalue weighted by atomic mass is 35.5. The van der Waals surface area contributed by atoms with Crippen LogP contribution in [0.3, 0.4) is 0 Å². The molecule has 1 amide bonds. The zero-order chi connectivity index (χ0) is 25.4. The van der Waals surface area contributed by atoms with Gasteiger partial charge in [-0.2, -0.15) is 0 Å². The van der Waals surface area contributed by atoms with Gasteiger partial charge in [0, 0.05) is 10.6 Å². The van der Waals surface area contributed by atoms with E-state index in [0.717, 1.165) is 15.8 Å². The molecule has 0 unspecified atom stereocenters. The molecule has 0 radical (unpaired) electrons. The summed E-state index contributed by atoms with van der Waals surface area (Å²) in [5.41, 5.74) is 2.65. The van der Waals surface area contributed by atoms with Gasteiger partial charge in [-0.25, -0.2) is 4.98 Å². The average molecular weight is 519 g/mol. The number of hydrogen-bond acceptors (Lipinski definition) is 6. The predicted molar refractivity (Wildman–Crippen MR) is 145 cm³/mol. The van der Waals surface area contributed by atoms with E-state index in [1.165, 1.54) is 11.3 Å². The molecule has 0 atom stereocenters. The Hall–Kier alpha value is -3.68.